The number of nitrogens with zero attached hydrogens (tertiary/aromatic N) is 3. The number of aromatic nitrogens is 3. The normalized spacial score (nSPS) is 18.2. The highest BCUT2D eigenvalue weighted by Gasteiger charge is 2.39. The van der Waals surface area contributed by atoms with Crippen molar-refractivity contribution in [1.29, 1.82) is 0 Å². The van der Waals surface area contributed by atoms with Gasteiger partial charge in [0.2, 0.25) is 0 Å². The van der Waals surface area contributed by atoms with Crippen molar-refractivity contribution in [2.45, 2.75) is 46.1 Å². The summed E-state index contributed by atoms with van der Waals surface area (Å²) in [6, 6.07) is 0. The Balaban J connectivity index is 1.53. The average Bonchev–Trinajstić information content (AvgIpc) is 3.27. The molecule has 0 aromatic carbocycles. The topological polar surface area (TPSA) is 108 Å². The molecule has 1 amide bonds. The Hall–Kier alpha value is -2.68. The molecular weight excluding hydrogens is 376 g/mol. The number of ether oxygens (including phenoxy) is 2. The fraction of sp³-hybridized carbons (Fsp3) is 0.600. The van der Waals surface area contributed by atoms with Gasteiger partial charge in [-0.1, -0.05) is 6.92 Å². The van der Waals surface area contributed by atoms with Gasteiger partial charge < -0.3 is 19.2 Å². The molecule has 9 nitrogen and oxygen atoms in total. The van der Waals surface area contributed by atoms with Crippen molar-refractivity contribution in [3.63, 3.8) is 0 Å². The number of fused-ring (bicyclic) bond motifs is 1. The van der Waals surface area contributed by atoms with Crippen LogP contribution in [0.1, 0.15) is 57.9 Å². The van der Waals surface area contributed by atoms with E-state index in [0.717, 1.165) is 30.7 Å². The molecule has 2 aromatic heterocycles. The van der Waals surface area contributed by atoms with E-state index in [2.05, 4.69) is 15.4 Å². The SMILES string of the molecule is CCc1nn(CCOC(=O)c2coc(C)n2)c2c1C(=O)NCC1(CCOCC1)C2. The third-order valence-corrected chi connectivity index (χ3v) is 5.78. The molecule has 9 heteroatoms. The van der Waals surface area contributed by atoms with E-state index in [9.17, 15) is 9.59 Å². The molecule has 29 heavy (non-hydrogen) atoms. The molecule has 0 radical (unpaired) electrons. The fourth-order valence-corrected chi connectivity index (χ4v) is 4.11. The standard InChI is InChI=1S/C20H26N4O5/c1-3-14-17-16(10-20(12-21-18(17)25)4-7-27-8-5-20)24(23-14)6-9-28-19(26)15-11-29-13(2)22-15/h11H,3-10,12H2,1-2H3,(H,21,25). The third kappa shape index (κ3) is 3.91. The molecule has 0 saturated carbocycles. The second-order valence-electron chi connectivity index (χ2n) is 7.70. The minimum absolute atomic E-state index is 0.0170. The van der Waals surface area contributed by atoms with E-state index in [1.165, 1.54) is 6.26 Å². The van der Waals surface area contributed by atoms with E-state index in [-0.39, 0.29) is 23.6 Å². The number of nitrogens with one attached hydrogen (secondary N) is 1. The molecule has 2 aliphatic rings. The van der Waals surface area contributed by atoms with Crippen LogP contribution in [0.4, 0.5) is 0 Å². The smallest absolute Gasteiger partial charge is 0.360 e. The second kappa shape index (κ2) is 7.98. The van der Waals surface area contributed by atoms with E-state index >= 15 is 0 Å². The first-order valence-corrected chi connectivity index (χ1v) is 10.0. The Morgan fingerprint density at radius 3 is 2.86 bits per heavy atom. The highest BCUT2D eigenvalue weighted by Crippen LogP contribution is 2.37. The maximum Gasteiger partial charge on any atom is 0.360 e. The fourth-order valence-electron chi connectivity index (χ4n) is 4.11. The Morgan fingerprint density at radius 1 is 1.38 bits per heavy atom. The van der Waals surface area contributed by atoms with Crippen molar-refractivity contribution in [2.24, 2.45) is 5.41 Å². The summed E-state index contributed by atoms with van der Waals surface area (Å²) in [5.74, 6) is -0.189. The minimum Gasteiger partial charge on any atom is -0.459 e. The second-order valence-corrected chi connectivity index (χ2v) is 7.70. The quantitative estimate of drug-likeness (QED) is 0.758. The van der Waals surface area contributed by atoms with Gasteiger partial charge in [-0.2, -0.15) is 5.10 Å². The third-order valence-electron chi connectivity index (χ3n) is 5.78. The summed E-state index contributed by atoms with van der Waals surface area (Å²) in [5, 5.41) is 7.75. The lowest BCUT2D eigenvalue weighted by molar-refractivity contribution is 0.0150. The van der Waals surface area contributed by atoms with Gasteiger partial charge in [-0.15, -0.1) is 0 Å². The van der Waals surface area contributed by atoms with E-state index < -0.39 is 5.97 Å². The summed E-state index contributed by atoms with van der Waals surface area (Å²) in [7, 11) is 0. The minimum atomic E-state index is -0.533. The van der Waals surface area contributed by atoms with E-state index in [0.29, 0.717) is 44.2 Å². The predicted molar refractivity (Wildman–Crippen MR) is 102 cm³/mol. The molecule has 0 bridgehead atoms. The Kier molecular flexibility index (Phi) is 5.40. The van der Waals surface area contributed by atoms with Gasteiger partial charge in [0.25, 0.3) is 5.91 Å². The molecule has 0 unspecified atom stereocenters. The average molecular weight is 402 g/mol. The number of rotatable bonds is 5. The monoisotopic (exact) mass is 402 g/mol. The largest absolute Gasteiger partial charge is 0.459 e. The number of aryl methyl sites for hydroxylation is 2. The lowest BCUT2D eigenvalue weighted by atomic mass is 9.76. The van der Waals surface area contributed by atoms with Crippen LogP contribution in [0.25, 0.3) is 0 Å². The molecule has 0 atom stereocenters. The number of oxazole rings is 1. The van der Waals surface area contributed by atoms with Crippen molar-refractivity contribution in [2.75, 3.05) is 26.4 Å². The van der Waals surface area contributed by atoms with Gasteiger partial charge in [0.05, 0.1) is 23.5 Å². The van der Waals surface area contributed by atoms with Crippen LogP contribution in [-0.2, 0) is 28.9 Å². The zero-order chi connectivity index (χ0) is 20.4. The first-order chi connectivity index (χ1) is 14.0. The first-order valence-electron chi connectivity index (χ1n) is 10.0. The van der Waals surface area contributed by atoms with Crippen LogP contribution in [0.2, 0.25) is 0 Å². The molecular formula is C20H26N4O5. The highest BCUT2D eigenvalue weighted by atomic mass is 16.5. The van der Waals surface area contributed by atoms with Gasteiger partial charge in [-0.3, -0.25) is 9.48 Å². The summed E-state index contributed by atoms with van der Waals surface area (Å²) in [6.45, 7) is 6.23. The van der Waals surface area contributed by atoms with Crippen LogP contribution >= 0.6 is 0 Å². The van der Waals surface area contributed by atoms with Crippen molar-refractivity contribution in [3.05, 3.63) is 34.8 Å². The van der Waals surface area contributed by atoms with Crippen LogP contribution < -0.4 is 5.32 Å². The molecule has 4 heterocycles. The highest BCUT2D eigenvalue weighted by molar-refractivity contribution is 5.97. The van der Waals surface area contributed by atoms with Crippen LogP contribution in [-0.4, -0.2) is 53.0 Å². The maximum atomic E-state index is 12.8. The number of carbonyl (C=O) groups excluding carboxylic acids is 2. The lowest BCUT2D eigenvalue weighted by Crippen LogP contribution is -2.40. The zero-order valence-electron chi connectivity index (χ0n) is 16.8. The van der Waals surface area contributed by atoms with Gasteiger partial charge in [0.15, 0.2) is 11.6 Å². The molecule has 4 rings (SSSR count). The molecule has 1 saturated heterocycles. The van der Waals surface area contributed by atoms with Gasteiger partial charge in [-0.25, -0.2) is 9.78 Å². The summed E-state index contributed by atoms with van der Waals surface area (Å²) in [5.41, 5.74) is 2.51. The number of hydrogen-bond donors (Lipinski definition) is 1. The molecule has 1 N–H and O–H groups in total. The molecule has 2 aliphatic heterocycles. The van der Waals surface area contributed by atoms with E-state index in [1.807, 2.05) is 11.6 Å². The first kappa shape index (κ1) is 19.6. The summed E-state index contributed by atoms with van der Waals surface area (Å²) in [4.78, 5) is 28.9. The Bertz CT molecular complexity index is 910. The van der Waals surface area contributed by atoms with Crippen molar-refractivity contribution in [1.82, 2.24) is 20.1 Å². The summed E-state index contributed by atoms with van der Waals surface area (Å²) < 4.78 is 17.7. The van der Waals surface area contributed by atoms with Crippen molar-refractivity contribution >= 4 is 11.9 Å². The van der Waals surface area contributed by atoms with Gasteiger partial charge in [-0.05, 0) is 31.1 Å². The number of esters is 1. The summed E-state index contributed by atoms with van der Waals surface area (Å²) >= 11 is 0. The maximum absolute atomic E-state index is 12.8. The lowest BCUT2D eigenvalue weighted by Gasteiger charge is -2.36. The van der Waals surface area contributed by atoms with Crippen molar-refractivity contribution in [3.8, 4) is 0 Å². The van der Waals surface area contributed by atoms with Crippen LogP contribution in [0.3, 0.4) is 0 Å². The summed E-state index contributed by atoms with van der Waals surface area (Å²) in [6.07, 6.45) is 4.51. The molecule has 156 valence electrons. The molecule has 2 aromatic rings. The van der Waals surface area contributed by atoms with E-state index in [4.69, 9.17) is 13.9 Å². The Labute approximate surface area is 168 Å². The molecule has 0 aliphatic carbocycles. The molecule has 1 spiro atoms. The molecule has 1 fully saturated rings. The van der Waals surface area contributed by atoms with Gasteiger partial charge in [0.1, 0.15) is 12.9 Å². The van der Waals surface area contributed by atoms with E-state index in [1.54, 1.807) is 6.92 Å². The van der Waals surface area contributed by atoms with Crippen LogP contribution in [0.5, 0.6) is 0 Å². The van der Waals surface area contributed by atoms with Crippen molar-refractivity contribution < 1.29 is 23.5 Å². The number of hydrogen-bond acceptors (Lipinski definition) is 7. The van der Waals surface area contributed by atoms with Gasteiger partial charge >= 0.3 is 5.97 Å². The predicted octanol–water partition coefficient (Wildman–Crippen LogP) is 1.68. The van der Waals surface area contributed by atoms with Crippen LogP contribution in [0.15, 0.2) is 10.7 Å². The zero-order valence-corrected chi connectivity index (χ0v) is 16.8. The van der Waals surface area contributed by atoms with Gasteiger partial charge in [0, 0.05) is 26.7 Å². The number of carbonyl (C=O) groups is 2. The van der Waals surface area contributed by atoms with Crippen LogP contribution in [0, 0.1) is 12.3 Å². The Morgan fingerprint density at radius 2 is 2.17 bits per heavy atom. The number of amides is 1.